The number of carbonyl (C=O) groups excluding carboxylic acids is 3. The Morgan fingerprint density at radius 2 is 1.71 bits per heavy atom. The molecule has 9 heteroatoms. The molecule has 3 aromatic rings. The summed E-state index contributed by atoms with van der Waals surface area (Å²) in [6.07, 6.45) is 12.5. The number of fused-ring (bicyclic) bond motifs is 1. The molecule has 49 heavy (non-hydrogen) atoms. The second-order valence-corrected chi connectivity index (χ2v) is 13.0. The number of carbonyl (C=O) groups is 3. The maximum atomic E-state index is 14.4. The van der Waals surface area contributed by atoms with Crippen molar-refractivity contribution in [3.05, 3.63) is 107 Å². The quantitative estimate of drug-likeness (QED) is 0.182. The van der Waals surface area contributed by atoms with Crippen molar-refractivity contribution >= 4 is 35.3 Å². The number of hydrogen-bond donors (Lipinski definition) is 3. The first-order chi connectivity index (χ1) is 23.8. The summed E-state index contributed by atoms with van der Waals surface area (Å²) < 4.78 is 0. The van der Waals surface area contributed by atoms with Crippen LogP contribution in [0.4, 0.5) is 11.4 Å². The van der Waals surface area contributed by atoms with E-state index < -0.39 is 5.41 Å². The highest BCUT2D eigenvalue weighted by atomic mass is 16.2. The summed E-state index contributed by atoms with van der Waals surface area (Å²) in [5.41, 5.74) is 5.46. The molecular weight excluding hydrogens is 612 g/mol. The summed E-state index contributed by atoms with van der Waals surface area (Å²) >= 11 is 0. The van der Waals surface area contributed by atoms with Crippen LogP contribution in [0, 0.1) is 23.7 Å². The normalized spacial score (nSPS) is 16.7. The average Bonchev–Trinajstić information content (AvgIpc) is 3.54. The van der Waals surface area contributed by atoms with Crippen LogP contribution in [0.5, 0.6) is 0 Å². The molecular formula is C40H46N6O3. The molecule has 1 aliphatic carbocycles. The summed E-state index contributed by atoms with van der Waals surface area (Å²) in [5, 5.41) is 9.10. The minimum atomic E-state index is -0.587. The molecule has 1 saturated heterocycles. The molecule has 0 bridgehead atoms. The number of hydrogen-bond acceptors (Lipinski definition) is 6. The highest BCUT2D eigenvalue weighted by molar-refractivity contribution is 5.95. The van der Waals surface area contributed by atoms with Crippen molar-refractivity contribution in [3.8, 4) is 12.3 Å². The lowest BCUT2D eigenvalue weighted by molar-refractivity contribution is -0.145. The molecule has 1 atom stereocenters. The zero-order valence-corrected chi connectivity index (χ0v) is 28.5. The molecule has 1 heterocycles. The molecule has 0 aromatic heterocycles. The van der Waals surface area contributed by atoms with E-state index in [2.05, 4.69) is 50.0 Å². The molecule has 0 saturated carbocycles. The largest absolute Gasteiger partial charge is 0.371 e. The van der Waals surface area contributed by atoms with Crippen LogP contribution < -0.4 is 20.9 Å². The van der Waals surface area contributed by atoms with Gasteiger partial charge in [-0.3, -0.25) is 19.4 Å². The Bertz CT molecular complexity index is 1720. The first kappa shape index (κ1) is 35.1. The molecule has 254 valence electrons. The zero-order chi connectivity index (χ0) is 34.6. The SMILES string of the molecule is C#C/C=C\C=NCNC(=O)[C@@H]1Cc2ccc(NC(=O)CN(Cc3ccccc3CNC)C(=O)C3(C)CCN(c4ccccc4)CC3)cc2C1. The minimum Gasteiger partial charge on any atom is -0.371 e. The Kier molecular flexibility index (Phi) is 12.0. The van der Waals surface area contributed by atoms with Crippen LogP contribution in [-0.2, 0) is 40.3 Å². The number of rotatable bonds is 13. The van der Waals surface area contributed by atoms with E-state index in [1.807, 2.05) is 68.6 Å². The molecule has 3 N–H and O–H groups in total. The van der Waals surface area contributed by atoms with Crippen molar-refractivity contribution in [3.63, 3.8) is 0 Å². The number of nitrogens with zero attached hydrogens (tertiary/aromatic N) is 3. The van der Waals surface area contributed by atoms with Gasteiger partial charge in [0.1, 0.15) is 13.2 Å². The van der Waals surface area contributed by atoms with E-state index in [4.69, 9.17) is 6.42 Å². The molecule has 1 aliphatic heterocycles. The van der Waals surface area contributed by atoms with Crippen LogP contribution in [0.25, 0.3) is 0 Å². The average molecular weight is 659 g/mol. The van der Waals surface area contributed by atoms with Crippen molar-refractivity contribution in [2.24, 2.45) is 16.3 Å². The number of piperidine rings is 1. The summed E-state index contributed by atoms with van der Waals surface area (Å²) in [6.45, 7) is 4.70. The number of anilines is 2. The van der Waals surface area contributed by atoms with Gasteiger partial charge < -0.3 is 25.8 Å². The molecule has 1 fully saturated rings. The summed E-state index contributed by atoms with van der Waals surface area (Å²) in [5.74, 6) is 1.87. The monoisotopic (exact) mass is 658 g/mol. The predicted octanol–water partition coefficient (Wildman–Crippen LogP) is 4.73. The Morgan fingerprint density at radius 3 is 2.45 bits per heavy atom. The van der Waals surface area contributed by atoms with Crippen LogP contribution in [-0.4, -0.2) is 62.2 Å². The minimum absolute atomic E-state index is 0.00571. The molecule has 5 rings (SSSR count). The van der Waals surface area contributed by atoms with Crippen molar-refractivity contribution in [2.45, 2.75) is 45.7 Å². The number of aliphatic imine (C=N–C) groups is 1. The third kappa shape index (κ3) is 9.24. The molecule has 2 aliphatic rings. The zero-order valence-electron chi connectivity index (χ0n) is 28.5. The van der Waals surface area contributed by atoms with Crippen molar-refractivity contribution < 1.29 is 14.4 Å². The van der Waals surface area contributed by atoms with Gasteiger partial charge in [0, 0.05) is 55.1 Å². The highest BCUT2D eigenvalue weighted by Gasteiger charge is 2.40. The van der Waals surface area contributed by atoms with E-state index in [1.165, 1.54) is 6.08 Å². The van der Waals surface area contributed by atoms with Gasteiger partial charge in [0.05, 0.1) is 0 Å². The molecule has 0 unspecified atom stereocenters. The predicted molar refractivity (Wildman–Crippen MR) is 196 cm³/mol. The van der Waals surface area contributed by atoms with Gasteiger partial charge in [0.15, 0.2) is 0 Å². The Hall–Kier alpha value is -5.20. The van der Waals surface area contributed by atoms with Crippen LogP contribution in [0.1, 0.15) is 42.0 Å². The second-order valence-electron chi connectivity index (χ2n) is 13.0. The van der Waals surface area contributed by atoms with Gasteiger partial charge in [0.25, 0.3) is 0 Å². The van der Waals surface area contributed by atoms with Gasteiger partial charge in [-0.25, -0.2) is 0 Å². The maximum absolute atomic E-state index is 14.4. The number of nitrogens with one attached hydrogen (secondary N) is 3. The van der Waals surface area contributed by atoms with Gasteiger partial charge >= 0.3 is 0 Å². The van der Waals surface area contributed by atoms with Crippen LogP contribution in [0.3, 0.4) is 0 Å². The fraction of sp³-hybridized carbons (Fsp3) is 0.350. The Labute approximate surface area is 289 Å². The van der Waals surface area contributed by atoms with E-state index in [1.54, 1.807) is 17.2 Å². The first-order valence-corrected chi connectivity index (χ1v) is 16.9. The fourth-order valence-corrected chi connectivity index (χ4v) is 6.71. The van der Waals surface area contributed by atoms with Gasteiger partial charge in [-0.15, -0.1) is 6.42 Å². The van der Waals surface area contributed by atoms with Crippen LogP contribution >= 0.6 is 0 Å². The topological polar surface area (TPSA) is 106 Å². The van der Waals surface area contributed by atoms with Crippen molar-refractivity contribution in [2.75, 3.05) is 43.6 Å². The van der Waals surface area contributed by atoms with Gasteiger partial charge in [-0.05, 0) is 91.4 Å². The highest BCUT2D eigenvalue weighted by Crippen LogP contribution is 2.36. The Balaban J connectivity index is 1.25. The second kappa shape index (κ2) is 16.8. The lowest BCUT2D eigenvalue weighted by Crippen LogP contribution is -2.50. The van der Waals surface area contributed by atoms with E-state index in [0.717, 1.165) is 41.0 Å². The Morgan fingerprint density at radius 1 is 1.00 bits per heavy atom. The van der Waals surface area contributed by atoms with E-state index in [-0.39, 0.29) is 36.9 Å². The summed E-state index contributed by atoms with van der Waals surface area (Å²) in [6, 6.07) is 24.1. The van der Waals surface area contributed by atoms with Crippen molar-refractivity contribution in [1.29, 1.82) is 0 Å². The molecule has 0 spiro atoms. The van der Waals surface area contributed by atoms with E-state index in [9.17, 15) is 14.4 Å². The summed E-state index contributed by atoms with van der Waals surface area (Å²) in [7, 11) is 1.90. The van der Waals surface area contributed by atoms with Gasteiger partial charge in [-0.2, -0.15) is 0 Å². The van der Waals surface area contributed by atoms with Crippen molar-refractivity contribution in [1.82, 2.24) is 15.5 Å². The smallest absolute Gasteiger partial charge is 0.244 e. The molecule has 3 aromatic carbocycles. The van der Waals surface area contributed by atoms with Crippen LogP contribution in [0.15, 0.2) is 89.9 Å². The molecule has 9 nitrogen and oxygen atoms in total. The fourth-order valence-electron chi connectivity index (χ4n) is 6.71. The van der Waals surface area contributed by atoms with E-state index in [0.29, 0.717) is 44.5 Å². The lowest BCUT2D eigenvalue weighted by Gasteiger charge is -2.42. The standard InChI is InChI=1S/C40H46N6O3/c1-4-5-11-20-42-29-43-38(48)34-23-30-16-17-35(25-33(30)24-34)44-37(47)28-46(27-32-13-10-9-12-31(32)26-41-3)39(49)40(2)18-21-45(22-19-40)36-14-7-6-8-15-36/h1,5-17,20,25,34,41H,18-19,21-24,26-29H2,2-3H3,(H,43,48)(H,44,47)/b11-5-,42-20?/t34-/m1/s1. The lowest BCUT2D eigenvalue weighted by atomic mass is 9.78. The summed E-state index contributed by atoms with van der Waals surface area (Å²) in [4.78, 5) is 48.9. The number of benzene rings is 3. The third-order valence-electron chi connectivity index (χ3n) is 9.50. The van der Waals surface area contributed by atoms with E-state index >= 15 is 0 Å². The first-order valence-electron chi connectivity index (χ1n) is 16.9. The number of para-hydroxylation sites is 1. The maximum Gasteiger partial charge on any atom is 0.244 e. The molecule has 0 radical (unpaired) electrons. The van der Waals surface area contributed by atoms with Gasteiger partial charge in [-0.1, -0.05) is 61.4 Å². The number of amides is 3. The number of allylic oxidation sites excluding steroid dienone is 2. The third-order valence-corrected chi connectivity index (χ3v) is 9.50. The van der Waals surface area contributed by atoms with Gasteiger partial charge in [0.2, 0.25) is 17.7 Å². The van der Waals surface area contributed by atoms with Crippen LogP contribution in [0.2, 0.25) is 0 Å². The number of terminal acetylenes is 1. The molecule has 3 amide bonds.